The van der Waals surface area contributed by atoms with Crippen LogP contribution in [0.2, 0.25) is 0 Å². The molecule has 1 aliphatic rings. The molecule has 0 aromatic heterocycles. The highest BCUT2D eigenvalue weighted by atomic mass is 16.2. The fourth-order valence-corrected chi connectivity index (χ4v) is 3.53. The zero-order valence-corrected chi connectivity index (χ0v) is 16.3. The summed E-state index contributed by atoms with van der Waals surface area (Å²) in [6.07, 6.45) is 0. The predicted molar refractivity (Wildman–Crippen MR) is 112 cm³/mol. The fourth-order valence-electron chi connectivity index (χ4n) is 3.53. The molecule has 0 bridgehead atoms. The summed E-state index contributed by atoms with van der Waals surface area (Å²) in [6, 6.07) is 17.7. The van der Waals surface area contributed by atoms with Crippen molar-refractivity contribution in [3.8, 4) is 0 Å². The molecule has 6 nitrogen and oxygen atoms in total. The van der Waals surface area contributed by atoms with Crippen molar-refractivity contribution in [1.29, 1.82) is 0 Å². The van der Waals surface area contributed by atoms with Gasteiger partial charge < -0.3 is 10.2 Å². The number of hydrogen-bond acceptors (Lipinski definition) is 4. The van der Waals surface area contributed by atoms with Gasteiger partial charge in [0.1, 0.15) is 0 Å². The SMILES string of the molecule is CN(C)CCN1C(=O)c2cccc3cc(NC(=O)c4ccccc4)cc(c23)C1=O. The van der Waals surface area contributed by atoms with Crippen molar-refractivity contribution in [2.24, 2.45) is 0 Å². The van der Waals surface area contributed by atoms with E-state index >= 15 is 0 Å². The number of anilines is 1. The van der Waals surface area contributed by atoms with Gasteiger partial charge in [-0.3, -0.25) is 19.3 Å². The van der Waals surface area contributed by atoms with Crippen molar-refractivity contribution >= 4 is 34.2 Å². The molecule has 1 N–H and O–H groups in total. The highest BCUT2D eigenvalue weighted by molar-refractivity contribution is 6.26. The molecular formula is C23H21N3O3. The third-order valence-electron chi connectivity index (χ3n) is 4.99. The molecule has 0 atom stereocenters. The normalized spacial score (nSPS) is 13.3. The first-order valence-electron chi connectivity index (χ1n) is 9.40. The van der Waals surface area contributed by atoms with Crippen molar-refractivity contribution in [2.75, 3.05) is 32.5 Å². The first kappa shape index (κ1) is 18.8. The van der Waals surface area contributed by atoms with E-state index in [0.717, 1.165) is 5.39 Å². The number of nitrogens with one attached hydrogen (secondary N) is 1. The highest BCUT2D eigenvalue weighted by Crippen LogP contribution is 2.33. The molecule has 3 aromatic rings. The third kappa shape index (κ3) is 3.50. The van der Waals surface area contributed by atoms with Gasteiger partial charge in [-0.05, 0) is 49.8 Å². The van der Waals surface area contributed by atoms with E-state index < -0.39 is 0 Å². The van der Waals surface area contributed by atoms with Gasteiger partial charge in [-0.15, -0.1) is 0 Å². The lowest BCUT2D eigenvalue weighted by Gasteiger charge is -2.28. The summed E-state index contributed by atoms with van der Waals surface area (Å²) in [6.45, 7) is 0.883. The minimum Gasteiger partial charge on any atom is -0.322 e. The maximum atomic E-state index is 13.1. The van der Waals surface area contributed by atoms with Crippen LogP contribution in [0.15, 0.2) is 60.7 Å². The van der Waals surface area contributed by atoms with E-state index in [1.165, 1.54) is 4.90 Å². The molecule has 146 valence electrons. The van der Waals surface area contributed by atoms with Crippen LogP contribution < -0.4 is 5.32 Å². The van der Waals surface area contributed by atoms with Crippen LogP contribution in [0.3, 0.4) is 0 Å². The fraction of sp³-hybridized carbons (Fsp3) is 0.174. The Hall–Kier alpha value is -3.51. The summed E-state index contributed by atoms with van der Waals surface area (Å²) in [5.41, 5.74) is 1.99. The third-order valence-corrected chi connectivity index (χ3v) is 4.99. The summed E-state index contributed by atoms with van der Waals surface area (Å²) in [4.78, 5) is 41.7. The zero-order chi connectivity index (χ0) is 20.5. The Morgan fingerprint density at radius 1 is 0.931 bits per heavy atom. The number of likely N-dealkylation sites (N-methyl/N-ethyl adjacent to an activating group) is 1. The van der Waals surface area contributed by atoms with Gasteiger partial charge in [0.15, 0.2) is 0 Å². The van der Waals surface area contributed by atoms with Crippen LogP contribution in [0, 0.1) is 0 Å². The molecule has 0 spiro atoms. The molecule has 3 aromatic carbocycles. The van der Waals surface area contributed by atoms with Gasteiger partial charge in [-0.25, -0.2) is 0 Å². The van der Waals surface area contributed by atoms with Crippen LogP contribution in [0.1, 0.15) is 31.1 Å². The summed E-state index contributed by atoms with van der Waals surface area (Å²) in [5, 5.41) is 4.25. The Labute approximate surface area is 168 Å². The van der Waals surface area contributed by atoms with Crippen molar-refractivity contribution in [1.82, 2.24) is 9.80 Å². The van der Waals surface area contributed by atoms with Crippen molar-refractivity contribution in [3.05, 3.63) is 77.4 Å². The van der Waals surface area contributed by atoms with Crippen LogP contribution in [-0.4, -0.2) is 54.7 Å². The summed E-state index contributed by atoms with van der Waals surface area (Å²) in [7, 11) is 3.79. The lowest BCUT2D eigenvalue weighted by atomic mass is 9.93. The quantitative estimate of drug-likeness (QED) is 0.683. The van der Waals surface area contributed by atoms with Crippen molar-refractivity contribution in [3.63, 3.8) is 0 Å². The number of rotatable bonds is 5. The Bertz CT molecular complexity index is 1120. The van der Waals surface area contributed by atoms with E-state index in [-0.39, 0.29) is 17.7 Å². The molecule has 1 heterocycles. The van der Waals surface area contributed by atoms with Gasteiger partial charge >= 0.3 is 0 Å². The monoisotopic (exact) mass is 387 g/mol. The van der Waals surface area contributed by atoms with Gasteiger partial charge in [0.25, 0.3) is 17.7 Å². The molecule has 0 unspecified atom stereocenters. The molecular weight excluding hydrogens is 366 g/mol. The molecule has 0 aliphatic carbocycles. The molecule has 3 amide bonds. The first-order chi connectivity index (χ1) is 14.0. The topological polar surface area (TPSA) is 69.7 Å². The molecule has 29 heavy (non-hydrogen) atoms. The number of carbonyl (C=O) groups is 3. The van der Waals surface area contributed by atoms with Crippen LogP contribution in [-0.2, 0) is 0 Å². The van der Waals surface area contributed by atoms with E-state index in [0.29, 0.717) is 40.9 Å². The predicted octanol–water partition coefficient (Wildman–Crippen LogP) is 3.25. The second kappa shape index (κ2) is 7.48. The molecule has 0 saturated heterocycles. The number of nitrogens with zero attached hydrogens (tertiary/aromatic N) is 2. The van der Waals surface area contributed by atoms with Crippen LogP contribution in [0.4, 0.5) is 5.69 Å². The second-order valence-corrected chi connectivity index (χ2v) is 7.31. The van der Waals surface area contributed by atoms with Crippen molar-refractivity contribution < 1.29 is 14.4 Å². The van der Waals surface area contributed by atoms with Crippen LogP contribution >= 0.6 is 0 Å². The Morgan fingerprint density at radius 3 is 2.38 bits per heavy atom. The average Bonchev–Trinajstić information content (AvgIpc) is 2.72. The maximum Gasteiger partial charge on any atom is 0.261 e. The van der Waals surface area contributed by atoms with Gasteiger partial charge in [-0.1, -0.05) is 30.3 Å². The smallest absolute Gasteiger partial charge is 0.261 e. The van der Waals surface area contributed by atoms with Crippen molar-refractivity contribution in [2.45, 2.75) is 0 Å². The van der Waals surface area contributed by atoms with Gasteiger partial charge in [0.2, 0.25) is 0 Å². The standard InChI is InChI=1S/C23H21N3O3/c1-25(2)11-12-26-22(28)18-10-6-9-16-13-17(14-19(20(16)18)23(26)29)24-21(27)15-7-4-3-5-8-15/h3-10,13-14H,11-12H2,1-2H3,(H,24,27). The number of amides is 3. The largest absolute Gasteiger partial charge is 0.322 e. The first-order valence-corrected chi connectivity index (χ1v) is 9.40. The number of hydrogen-bond donors (Lipinski definition) is 1. The van der Waals surface area contributed by atoms with E-state index in [1.54, 1.807) is 48.5 Å². The Morgan fingerprint density at radius 2 is 1.66 bits per heavy atom. The molecule has 6 heteroatoms. The number of carbonyl (C=O) groups excluding carboxylic acids is 3. The minimum atomic E-state index is -0.337. The van der Waals surface area contributed by atoms with Gasteiger partial charge in [0.05, 0.1) is 5.56 Å². The van der Waals surface area contributed by atoms with E-state index in [4.69, 9.17) is 0 Å². The Kier molecular flexibility index (Phi) is 4.86. The van der Waals surface area contributed by atoms with E-state index in [1.807, 2.05) is 31.1 Å². The lowest BCUT2D eigenvalue weighted by molar-refractivity contribution is 0.0601. The highest BCUT2D eigenvalue weighted by Gasteiger charge is 2.33. The Balaban J connectivity index is 1.75. The van der Waals surface area contributed by atoms with E-state index in [9.17, 15) is 14.4 Å². The molecule has 1 aliphatic heterocycles. The summed E-state index contributed by atoms with van der Waals surface area (Å²) < 4.78 is 0. The maximum absolute atomic E-state index is 13.1. The van der Waals surface area contributed by atoms with Gasteiger partial charge in [-0.2, -0.15) is 0 Å². The number of benzene rings is 3. The zero-order valence-electron chi connectivity index (χ0n) is 16.3. The number of imide groups is 1. The molecule has 4 rings (SSSR count). The average molecular weight is 387 g/mol. The lowest BCUT2D eigenvalue weighted by Crippen LogP contribution is -2.43. The van der Waals surface area contributed by atoms with Gasteiger partial charge in [0, 0.05) is 35.3 Å². The molecule has 0 fully saturated rings. The molecule has 0 saturated carbocycles. The summed E-state index contributed by atoms with van der Waals surface area (Å²) in [5.74, 6) is -0.871. The molecule has 0 radical (unpaired) electrons. The van der Waals surface area contributed by atoms with Crippen LogP contribution in [0.25, 0.3) is 10.8 Å². The van der Waals surface area contributed by atoms with E-state index in [2.05, 4.69) is 5.32 Å². The minimum absolute atomic E-state index is 0.253. The summed E-state index contributed by atoms with van der Waals surface area (Å²) >= 11 is 0. The second-order valence-electron chi connectivity index (χ2n) is 7.31. The van der Waals surface area contributed by atoms with Crippen LogP contribution in [0.5, 0.6) is 0 Å².